The number of aromatic hydroxyl groups is 1. The zero-order chi connectivity index (χ0) is 12.8. The summed E-state index contributed by atoms with van der Waals surface area (Å²) in [5.74, 6) is 1.19. The summed E-state index contributed by atoms with van der Waals surface area (Å²) in [6.07, 6.45) is 3.42. The molecule has 0 spiro atoms. The first-order valence-electron chi connectivity index (χ1n) is 5.54. The third kappa shape index (κ3) is 3.28. The van der Waals surface area contributed by atoms with Crippen molar-refractivity contribution in [2.24, 2.45) is 0 Å². The average molecular weight is 242 g/mol. The van der Waals surface area contributed by atoms with Gasteiger partial charge in [-0.2, -0.15) is 0 Å². The topological polar surface area (TPSA) is 38.7 Å². The third-order valence-electron chi connectivity index (χ3n) is 2.36. The Labute approximate surface area is 106 Å². The summed E-state index contributed by atoms with van der Waals surface area (Å²) in [7, 11) is 1.54. The molecule has 0 heterocycles. The summed E-state index contributed by atoms with van der Waals surface area (Å²) >= 11 is 0. The molecule has 2 aromatic rings. The van der Waals surface area contributed by atoms with E-state index in [9.17, 15) is 5.11 Å². The Morgan fingerprint density at radius 3 is 2.44 bits per heavy atom. The van der Waals surface area contributed by atoms with Gasteiger partial charge in [0.1, 0.15) is 17.2 Å². The molecule has 0 amide bonds. The molecular weight excluding hydrogens is 228 g/mol. The standard InChI is InChI=1S/C15H14O3/c1-17-14-9-13(16)10-15(11-14)18-8-7-12-5-3-2-4-6-12/h2-11,16H,1H3/b8-7+. The molecule has 0 aromatic heterocycles. The third-order valence-corrected chi connectivity index (χ3v) is 2.36. The van der Waals surface area contributed by atoms with Crippen LogP contribution in [-0.2, 0) is 0 Å². The molecule has 0 fully saturated rings. The Kier molecular flexibility index (Phi) is 3.86. The van der Waals surface area contributed by atoms with Crippen molar-refractivity contribution in [2.75, 3.05) is 7.11 Å². The van der Waals surface area contributed by atoms with Gasteiger partial charge in [-0.3, -0.25) is 0 Å². The van der Waals surface area contributed by atoms with Gasteiger partial charge in [0.05, 0.1) is 13.4 Å². The molecule has 0 atom stereocenters. The summed E-state index contributed by atoms with van der Waals surface area (Å²) in [4.78, 5) is 0. The van der Waals surface area contributed by atoms with Crippen LogP contribution in [0.3, 0.4) is 0 Å². The highest BCUT2D eigenvalue weighted by atomic mass is 16.5. The smallest absolute Gasteiger partial charge is 0.133 e. The molecule has 3 heteroatoms. The van der Waals surface area contributed by atoms with E-state index in [1.54, 1.807) is 19.4 Å². The molecule has 0 radical (unpaired) electrons. The van der Waals surface area contributed by atoms with E-state index in [2.05, 4.69) is 0 Å². The Hall–Kier alpha value is -2.42. The molecule has 92 valence electrons. The summed E-state index contributed by atoms with van der Waals surface area (Å²) in [5, 5.41) is 9.46. The van der Waals surface area contributed by atoms with Gasteiger partial charge in [0.25, 0.3) is 0 Å². The van der Waals surface area contributed by atoms with Crippen LogP contribution in [0.5, 0.6) is 17.2 Å². The van der Waals surface area contributed by atoms with Crippen molar-refractivity contribution in [1.82, 2.24) is 0 Å². The van der Waals surface area contributed by atoms with Gasteiger partial charge in [-0.15, -0.1) is 0 Å². The quantitative estimate of drug-likeness (QED) is 0.834. The van der Waals surface area contributed by atoms with E-state index in [4.69, 9.17) is 9.47 Å². The lowest BCUT2D eigenvalue weighted by Gasteiger charge is -2.04. The molecule has 2 aromatic carbocycles. The second-order valence-corrected chi connectivity index (χ2v) is 3.70. The number of phenols is 1. The minimum absolute atomic E-state index is 0.109. The van der Waals surface area contributed by atoms with Gasteiger partial charge >= 0.3 is 0 Å². The molecule has 0 bridgehead atoms. The molecule has 0 saturated heterocycles. The van der Waals surface area contributed by atoms with Crippen molar-refractivity contribution in [2.45, 2.75) is 0 Å². The molecule has 0 aliphatic heterocycles. The second kappa shape index (κ2) is 5.77. The van der Waals surface area contributed by atoms with Crippen molar-refractivity contribution in [1.29, 1.82) is 0 Å². The van der Waals surface area contributed by atoms with E-state index in [0.717, 1.165) is 5.56 Å². The fraction of sp³-hybridized carbons (Fsp3) is 0.0667. The van der Waals surface area contributed by atoms with Crippen LogP contribution in [0.1, 0.15) is 5.56 Å². The van der Waals surface area contributed by atoms with Gasteiger partial charge in [-0.25, -0.2) is 0 Å². The van der Waals surface area contributed by atoms with Crippen molar-refractivity contribution in [3.05, 3.63) is 60.4 Å². The van der Waals surface area contributed by atoms with Crippen molar-refractivity contribution >= 4 is 6.08 Å². The summed E-state index contributed by atoms with van der Waals surface area (Å²) in [6.45, 7) is 0. The van der Waals surface area contributed by atoms with Gasteiger partial charge in [0, 0.05) is 18.2 Å². The van der Waals surface area contributed by atoms with Crippen LogP contribution in [0.2, 0.25) is 0 Å². The molecular formula is C15H14O3. The maximum Gasteiger partial charge on any atom is 0.133 e. The Balaban J connectivity index is 2.06. The van der Waals surface area contributed by atoms with Gasteiger partial charge in [-0.1, -0.05) is 30.3 Å². The van der Waals surface area contributed by atoms with Crippen molar-refractivity contribution < 1.29 is 14.6 Å². The lowest BCUT2D eigenvalue weighted by molar-refractivity contribution is 0.400. The van der Waals surface area contributed by atoms with Crippen LogP contribution in [0.4, 0.5) is 0 Å². The van der Waals surface area contributed by atoms with Crippen LogP contribution in [0, 0.1) is 0 Å². The number of phenolic OH excluding ortho intramolecular Hbond substituents is 1. The zero-order valence-corrected chi connectivity index (χ0v) is 10.0. The summed E-state index contributed by atoms with van der Waals surface area (Å²) < 4.78 is 10.4. The number of hydrogen-bond donors (Lipinski definition) is 1. The molecule has 1 N–H and O–H groups in total. The SMILES string of the molecule is COc1cc(O)cc(O/C=C/c2ccccc2)c1. The van der Waals surface area contributed by atoms with E-state index < -0.39 is 0 Å². The van der Waals surface area contributed by atoms with E-state index in [1.165, 1.54) is 12.1 Å². The molecule has 3 nitrogen and oxygen atoms in total. The molecule has 18 heavy (non-hydrogen) atoms. The van der Waals surface area contributed by atoms with Gasteiger partial charge in [-0.05, 0) is 11.6 Å². The second-order valence-electron chi connectivity index (χ2n) is 3.70. The maximum absolute atomic E-state index is 9.46. The van der Waals surface area contributed by atoms with Crippen LogP contribution in [0.15, 0.2) is 54.8 Å². The van der Waals surface area contributed by atoms with Crippen LogP contribution >= 0.6 is 0 Å². The normalized spacial score (nSPS) is 10.5. The van der Waals surface area contributed by atoms with Crippen LogP contribution < -0.4 is 9.47 Å². The molecule has 0 saturated carbocycles. The first kappa shape index (κ1) is 12.0. The van der Waals surface area contributed by atoms with Crippen LogP contribution in [0.25, 0.3) is 6.08 Å². The van der Waals surface area contributed by atoms with Crippen molar-refractivity contribution in [3.8, 4) is 17.2 Å². The predicted octanol–water partition coefficient (Wildman–Crippen LogP) is 3.45. The summed E-state index contributed by atoms with van der Waals surface area (Å²) in [5.41, 5.74) is 1.05. The molecule has 0 aliphatic rings. The maximum atomic E-state index is 9.46. The van der Waals surface area contributed by atoms with Crippen LogP contribution in [-0.4, -0.2) is 12.2 Å². The highest BCUT2D eigenvalue weighted by Gasteiger charge is 1.99. The Morgan fingerprint density at radius 1 is 1.00 bits per heavy atom. The van der Waals surface area contributed by atoms with E-state index in [-0.39, 0.29) is 5.75 Å². The van der Waals surface area contributed by atoms with Gasteiger partial charge in [0.2, 0.25) is 0 Å². The average Bonchev–Trinajstić information content (AvgIpc) is 2.39. The number of methoxy groups -OCH3 is 1. The number of ether oxygens (including phenoxy) is 2. The zero-order valence-electron chi connectivity index (χ0n) is 10.0. The molecule has 2 rings (SSSR count). The molecule has 0 unspecified atom stereocenters. The summed E-state index contributed by atoms with van der Waals surface area (Å²) in [6, 6.07) is 14.6. The van der Waals surface area contributed by atoms with E-state index in [1.807, 2.05) is 36.4 Å². The van der Waals surface area contributed by atoms with E-state index in [0.29, 0.717) is 11.5 Å². The highest BCUT2D eigenvalue weighted by molar-refractivity contribution is 5.48. The monoisotopic (exact) mass is 242 g/mol. The van der Waals surface area contributed by atoms with Gasteiger partial charge < -0.3 is 14.6 Å². The number of benzene rings is 2. The fourth-order valence-electron chi connectivity index (χ4n) is 1.50. The van der Waals surface area contributed by atoms with Gasteiger partial charge in [0.15, 0.2) is 0 Å². The lowest BCUT2D eigenvalue weighted by atomic mass is 10.2. The first-order valence-corrected chi connectivity index (χ1v) is 5.54. The molecule has 0 aliphatic carbocycles. The Bertz CT molecular complexity index is 533. The number of rotatable bonds is 4. The Morgan fingerprint density at radius 2 is 1.72 bits per heavy atom. The first-order chi connectivity index (χ1) is 8.78. The predicted molar refractivity (Wildman–Crippen MR) is 70.8 cm³/mol. The lowest BCUT2D eigenvalue weighted by Crippen LogP contribution is -1.86. The fourth-order valence-corrected chi connectivity index (χ4v) is 1.50. The minimum atomic E-state index is 0.109. The number of hydrogen-bond acceptors (Lipinski definition) is 3. The van der Waals surface area contributed by atoms with E-state index >= 15 is 0 Å². The minimum Gasteiger partial charge on any atom is -0.508 e. The highest BCUT2D eigenvalue weighted by Crippen LogP contribution is 2.26. The van der Waals surface area contributed by atoms with Crippen molar-refractivity contribution in [3.63, 3.8) is 0 Å². The largest absolute Gasteiger partial charge is 0.508 e.